The fourth-order valence-electron chi connectivity index (χ4n) is 4.20. The van der Waals surface area contributed by atoms with Gasteiger partial charge < -0.3 is 15.4 Å². The fraction of sp³-hybridized carbons (Fsp3) is 0.500. The van der Waals surface area contributed by atoms with Crippen LogP contribution in [0.4, 0.5) is 19.0 Å². The van der Waals surface area contributed by atoms with Crippen LogP contribution in [0.3, 0.4) is 0 Å². The highest BCUT2D eigenvalue weighted by Crippen LogP contribution is 2.58. The number of fused-ring (bicyclic) bond motifs is 1. The lowest BCUT2D eigenvalue weighted by atomic mass is 10.1. The lowest BCUT2D eigenvalue weighted by Gasteiger charge is -2.18. The third-order valence-corrected chi connectivity index (χ3v) is 5.78. The van der Waals surface area contributed by atoms with Crippen molar-refractivity contribution in [2.24, 2.45) is 11.8 Å². The number of anilines is 1. The fourth-order valence-corrected chi connectivity index (χ4v) is 4.36. The SMILES string of the molecule is Nc1ncc(-c2cc(C3[C@H]4CN(CCC=O)C[C@@H]34)n(CC(F)(F)F)n2)cc1Cl. The van der Waals surface area contributed by atoms with Crippen molar-refractivity contribution >= 4 is 23.7 Å². The van der Waals surface area contributed by atoms with Crippen molar-refractivity contribution in [3.63, 3.8) is 0 Å². The highest BCUT2D eigenvalue weighted by atomic mass is 35.5. The zero-order valence-electron chi connectivity index (χ0n) is 14.9. The second-order valence-corrected chi connectivity index (χ2v) is 7.79. The Morgan fingerprint density at radius 3 is 2.61 bits per heavy atom. The second kappa shape index (κ2) is 7.04. The quantitative estimate of drug-likeness (QED) is 0.737. The Kier molecular flexibility index (Phi) is 4.83. The number of piperidine rings is 1. The molecule has 2 fully saturated rings. The molecule has 1 saturated carbocycles. The van der Waals surface area contributed by atoms with E-state index in [1.54, 1.807) is 12.1 Å². The predicted molar refractivity (Wildman–Crippen MR) is 97.8 cm³/mol. The van der Waals surface area contributed by atoms with E-state index in [4.69, 9.17) is 17.3 Å². The number of pyridine rings is 1. The molecule has 1 aliphatic heterocycles. The molecule has 3 heterocycles. The summed E-state index contributed by atoms with van der Waals surface area (Å²) in [6, 6.07) is 3.26. The first-order valence-electron chi connectivity index (χ1n) is 8.98. The molecule has 150 valence electrons. The van der Waals surface area contributed by atoms with E-state index >= 15 is 0 Å². The van der Waals surface area contributed by atoms with Crippen molar-refractivity contribution in [3.8, 4) is 11.3 Å². The molecule has 1 saturated heterocycles. The summed E-state index contributed by atoms with van der Waals surface area (Å²) in [5, 5.41) is 4.43. The van der Waals surface area contributed by atoms with Crippen molar-refractivity contribution in [2.45, 2.75) is 25.1 Å². The molecule has 0 amide bonds. The average Bonchev–Trinajstić information content (AvgIpc) is 2.95. The maximum Gasteiger partial charge on any atom is 0.408 e. The average molecular weight is 414 g/mol. The predicted octanol–water partition coefficient (Wildman–Crippen LogP) is 2.98. The standard InChI is InChI=1S/C18H19ClF3N5O/c19-13-4-10(6-24-17(13)23)14-5-15(27(25-14)9-18(20,21)22)16-11-7-26(2-1-3-28)8-12(11)16/h3-6,11-12,16H,1-2,7-9H2,(H2,23,24)/t11-,12+,16?. The van der Waals surface area contributed by atoms with Gasteiger partial charge in [0, 0.05) is 49.4 Å². The van der Waals surface area contributed by atoms with Gasteiger partial charge >= 0.3 is 6.18 Å². The number of nitrogens with zero attached hydrogens (tertiary/aromatic N) is 4. The highest BCUT2D eigenvalue weighted by molar-refractivity contribution is 6.33. The van der Waals surface area contributed by atoms with Crippen LogP contribution in [0.25, 0.3) is 11.3 Å². The van der Waals surface area contributed by atoms with Gasteiger partial charge in [0.1, 0.15) is 18.6 Å². The summed E-state index contributed by atoms with van der Waals surface area (Å²) in [5.41, 5.74) is 7.12. The van der Waals surface area contributed by atoms with Gasteiger partial charge in [0.2, 0.25) is 0 Å². The summed E-state index contributed by atoms with van der Waals surface area (Å²) < 4.78 is 40.3. The molecule has 3 atom stereocenters. The molecule has 2 aromatic heterocycles. The number of carbonyl (C=O) groups is 1. The van der Waals surface area contributed by atoms with E-state index in [0.29, 0.717) is 41.8 Å². The lowest BCUT2D eigenvalue weighted by Crippen LogP contribution is -2.26. The van der Waals surface area contributed by atoms with E-state index in [1.165, 1.54) is 6.20 Å². The molecule has 0 aromatic carbocycles. The minimum absolute atomic E-state index is 0.0493. The first-order chi connectivity index (χ1) is 13.3. The molecular formula is C18H19ClF3N5O. The molecule has 1 aliphatic carbocycles. The normalized spacial score (nSPS) is 24.4. The zero-order chi connectivity index (χ0) is 20.1. The van der Waals surface area contributed by atoms with Gasteiger partial charge in [-0.25, -0.2) is 4.98 Å². The van der Waals surface area contributed by atoms with Crippen molar-refractivity contribution in [1.82, 2.24) is 19.7 Å². The van der Waals surface area contributed by atoms with E-state index in [0.717, 1.165) is 24.1 Å². The van der Waals surface area contributed by atoms with Crippen molar-refractivity contribution in [3.05, 3.63) is 29.0 Å². The summed E-state index contributed by atoms with van der Waals surface area (Å²) in [7, 11) is 0. The summed E-state index contributed by atoms with van der Waals surface area (Å²) in [6.07, 6.45) is -1.54. The molecule has 2 N–H and O–H groups in total. The minimum Gasteiger partial charge on any atom is -0.382 e. The number of hydrogen-bond acceptors (Lipinski definition) is 5. The van der Waals surface area contributed by atoms with Crippen molar-refractivity contribution in [1.29, 1.82) is 0 Å². The molecule has 28 heavy (non-hydrogen) atoms. The number of rotatable bonds is 6. The lowest BCUT2D eigenvalue weighted by molar-refractivity contribution is -0.143. The van der Waals surface area contributed by atoms with Gasteiger partial charge in [-0.1, -0.05) is 11.6 Å². The molecule has 2 aliphatic rings. The van der Waals surface area contributed by atoms with Gasteiger partial charge in [-0.2, -0.15) is 18.3 Å². The van der Waals surface area contributed by atoms with Crippen LogP contribution in [0.15, 0.2) is 18.3 Å². The van der Waals surface area contributed by atoms with E-state index in [-0.39, 0.29) is 16.8 Å². The largest absolute Gasteiger partial charge is 0.408 e. The van der Waals surface area contributed by atoms with Crippen LogP contribution in [0.5, 0.6) is 0 Å². The number of hydrogen-bond donors (Lipinski definition) is 1. The number of likely N-dealkylation sites (tertiary alicyclic amines) is 1. The molecule has 4 rings (SSSR count). The van der Waals surface area contributed by atoms with E-state index in [2.05, 4.69) is 15.0 Å². The van der Waals surface area contributed by atoms with Gasteiger partial charge in [0.05, 0.1) is 10.7 Å². The van der Waals surface area contributed by atoms with E-state index in [9.17, 15) is 18.0 Å². The molecule has 0 spiro atoms. The smallest absolute Gasteiger partial charge is 0.382 e. The number of aldehydes is 1. The minimum atomic E-state index is -4.37. The van der Waals surface area contributed by atoms with Crippen LogP contribution in [0.2, 0.25) is 5.02 Å². The Labute approximate surface area is 164 Å². The first-order valence-corrected chi connectivity index (χ1v) is 9.36. The van der Waals surface area contributed by atoms with Gasteiger partial charge in [-0.05, 0) is 24.0 Å². The molecular weight excluding hydrogens is 395 g/mol. The van der Waals surface area contributed by atoms with Crippen LogP contribution in [-0.4, -0.2) is 51.8 Å². The Morgan fingerprint density at radius 1 is 1.29 bits per heavy atom. The van der Waals surface area contributed by atoms with Crippen LogP contribution < -0.4 is 5.73 Å². The Hall–Kier alpha value is -2.13. The molecule has 2 aromatic rings. The molecule has 1 unspecified atom stereocenters. The molecule has 0 bridgehead atoms. The second-order valence-electron chi connectivity index (χ2n) is 7.39. The summed E-state index contributed by atoms with van der Waals surface area (Å²) in [6.45, 7) is 1.16. The van der Waals surface area contributed by atoms with E-state index in [1.807, 2.05) is 0 Å². The number of carbonyl (C=O) groups excluding carboxylic acids is 1. The Balaban J connectivity index is 1.59. The molecule has 10 heteroatoms. The van der Waals surface area contributed by atoms with Crippen molar-refractivity contribution < 1.29 is 18.0 Å². The van der Waals surface area contributed by atoms with Crippen LogP contribution in [-0.2, 0) is 11.3 Å². The number of halogens is 4. The van der Waals surface area contributed by atoms with Gasteiger partial charge in [0.15, 0.2) is 0 Å². The summed E-state index contributed by atoms with van der Waals surface area (Å²) in [4.78, 5) is 16.7. The number of nitrogen functional groups attached to an aromatic ring is 1. The Bertz CT molecular complexity index is 888. The van der Waals surface area contributed by atoms with E-state index < -0.39 is 12.7 Å². The maximum absolute atomic E-state index is 13.1. The summed E-state index contributed by atoms with van der Waals surface area (Å²) >= 11 is 5.99. The number of aromatic nitrogens is 3. The molecule has 6 nitrogen and oxygen atoms in total. The van der Waals surface area contributed by atoms with Crippen LogP contribution >= 0.6 is 11.6 Å². The number of alkyl halides is 3. The highest BCUT2D eigenvalue weighted by Gasteiger charge is 2.57. The summed E-state index contributed by atoms with van der Waals surface area (Å²) in [5.74, 6) is 0.813. The van der Waals surface area contributed by atoms with Crippen LogP contribution in [0, 0.1) is 11.8 Å². The molecule has 0 radical (unpaired) electrons. The monoisotopic (exact) mass is 413 g/mol. The van der Waals surface area contributed by atoms with Crippen LogP contribution in [0.1, 0.15) is 18.0 Å². The third kappa shape index (κ3) is 3.73. The van der Waals surface area contributed by atoms with Gasteiger partial charge in [-0.3, -0.25) is 4.68 Å². The first kappa shape index (κ1) is 19.2. The Morgan fingerprint density at radius 2 is 2.00 bits per heavy atom. The topological polar surface area (TPSA) is 77.0 Å². The van der Waals surface area contributed by atoms with Gasteiger partial charge in [-0.15, -0.1) is 0 Å². The van der Waals surface area contributed by atoms with Crippen molar-refractivity contribution in [2.75, 3.05) is 25.4 Å². The third-order valence-electron chi connectivity index (χ3n) is 5.48. The zero-order valence-corrected chi connectivity index (χ0v) is 15.6. The maximum atomic E-state index is 13.1. The number of nitrogens with two attached hydrogens (primary N) is 1. The van der Waals surface area contributed by atoms with Gasteiger partial charge in [0.25, 0.3) is 0 Å².